The van der Waals surface area contributed by atoms with Crippen LogP contribution >= 0.6 is 34.2 Å². The fourth-order valence-electron chi connectivity index (χ4n) is 3.70. The zero-order chi connectivity index (χ0) is 21.5. The molecule has 1 aliphatic heterocycles. The molecule has 1 heterocycles. The number of carbonyl (C=O) groups excluding carboxylic acids is 2. The summed E-state index contributed by atoms with van der Waals surface area (Å²) in [5, 5.41) is 11.8. The van der Waals surface area contributed by atoms with E-state index in [4.69, 9.17) is 11.6 Å². The van der Waals surface area contributed by atoms with Gasteiger partial charge in [0.15, 0.2) is 11.4 Å². The van der Waals surface area contributed by atoms with Crippen molar-refractivity contribution < 1.29 is 14.7 Å². The maximum absolute atomic E-state index is 13.4. The summed E-state index contributed by atoms with van der Waals surface area (Å²) < 4.78 is 1.00. The number of nitrogens with zero attached hydrogens (tertiary/aromatic N) is 1. The molecule has 0 bridgehead atoms. The van der Waals surface area contributed by atoms with Gasteiger partial charge in [0, 0.05) is 19.7 Å². The van der Waals surface area contributed by atoms with E-state index in [2.05, 4.69) is 22.6 Å². The van der Waals surface area contributed by atoms with E-state index < -0.39 is 11.5 Å². The molecule has 4 nitrogen and oxygen atoms in total. The molecular formula is C24H19ClINO3. The van der Waals surface area contributed by atoms with Crippen molar-refractivity contribution in [2.75, 3.05) is 4.90 Å². The molecule has 1 N–H and O–H groups in total. The lowest BCUT2D eigenvalue weighted by Gasteiger charge is -2.23. The van der Waals surface area contributed by atoms with Crippen molar-refractivity contribution in [1.82, 2.24) is 0 Å². The standard InChI is InChI=1S/C24H19ClINO3/c1-15-2-4-16(5-3-15)14-27-21-11-8-18(25)12-20(21)24(30,23(27)29)13-22(28)17-6-9-19(26)10-7-17/h2-12,30H,13-14H2,1H3/t24-/m0/s1. The first-order valence-electron chi connectivity index (χ1n) is 9.46. The van der Waals surface area contributed by atoms with Gasteiger partial charge in [-0.1, -0.05) is 53.6 Å². The Morgan fingerprint density at radius 2 is 1.73 bits per heavy atom. The van der Waals surface area contributed by atoms with Crippen LogP contribution in [0.25, 0.3) is 0 Å². The van der Waals surface area contributed by atoms with E-state index in [1.165, 1.54) is 4.90 Å². The van der Waals surface area contributed by atoms with Crippen LogP contribution in [-0.4, -0.2) is 16.8 Å². The van der Waals surface area contributed by atoms with Gasteiger partial charge < -0.3 is 10.0 Å². The largest absolute Gasteiger partial charge is 0.375 e. The molecule has 0 spiro atoms. The van der Waals surface area contributed by atoms with Crippen LogP contribution < -0.4 is 4.90 Å². The molecule has 6 heteroatoms. The number of aliphatic hydroxyl groups is 1. The molecule has 1 atom stereocenters. The summed E-state index contributed by atoms with van der Waals surface area (Å²) in [6.07, 6.45) is -0.343. The van der Waals surface area contributed by atoms with E-state index in [9.17, 15) is 14.7 Å². The fourth-order valence-corrected chi connectivity index (χ4v) is 4.23. The minimum absolute atomic E-state index is 0.299. The van der Waals surface area contributed by atoms with E-state index in [0.717, 1.165) is 14.7 Å². The Morgan fingerprint density at radius 1 is 1.07 bits per heavy atom. The van der Waals surface area contributed by atoms with Gasteiger partial charge in [-0.3, -0.25) is 9.59 Å². The van der Waals surface area contributed by atoms with Gasteiger partial charge in [-0.25, -0.2) is 0 Å². The molecular weight excluding hydrogens is 513 g/mol. The van der Waals surface area contributed by atoms with Crippen LogP contribution in [0.2, 0.25) is 5.02 Å². The lowest BCUT2D eigenvalue weighted by Crippen LogP contribution is -2.41. The van der Waals surface area contributed by atoms with E-state index in [1.54, 1.807) is 30.3 Å². The molecule has 4 rings (SSSR count). The Bertz CT molecular complexity index is 1130. The summed E-state index contributed by atoms with van der Waals surface area (Å²) in [5.74, 6) is -0.815. The molecule has 152 valence electrons. The normalized spacial score (nSPS) is 17.9. The van der Waals surface area contributed by atoms with Crippen molar-refractivity contribution in [2.45, 2.75) is 25.5 Å². The summed E-state index contributed by atoms with van der Waals surface area (Å²) in [7, 11) is 0. The fraction of sp³-hybridized carbons (Fsp3) is 0.167. The smallest absolute Gasteiger partial charge is 0.264 e. The van der Waals surface area contributed by atoms with Crippen molar-refractivity contribution in [1.29, 1.82) is 0 Å². The van der Waals surface area contributed by atoms with Gasteiger partial charge in [0.1, 0.15) is 0 Å². The molecule has 1 amide bonds. The number of aryl methyl sites for hydroxylation is 1. The van der Waals surface area contributed by atoms with Crippen molar-refractivity contribution in [3.8, 4) is 0 Å². The SMILES string of the molecule is Cc1ccc(CN2C(=O)[C@](O)(CC(=O)c3ccc(I)cc3)c3cc(Cl)ccc32)cc1. The van der Waals surface area contributed by atoms with Gasteiger partial charge in [-0.2, -0.15) is 0 Å². The molecule has 3 aromatic carbocycles. The Hall–Kier alpha value is -2.22. The third-order valence-electron chi connectivity index (χ3n) is 5.34. The number of fused-ring (bicyclic) bond motifs is 1. The zero-order valence-corrected chi connectivity index (χ0v) is 19.1. The van der Waals surface area contributed by atoms with Crippen LogP contribution in [-0.2, 0) is 16.9 Å². The van der Waals surface area contributed by atoms with E-state index in [-0.39, 0.29) is 12.2 Å². The minimum Gasteiger partial charge on any atom is -0.375 e. The first-order valence-corrected chi connectivity index (χ1v) is 10.9. The molecule has 0 aromatic heterocycles. The highest BCUT2D eigenvalue weighted by Crippen LogP contribution is 2.44. The highest BCUT2D eigenvalue weighted by molar-refractivity contribution is 14.1. The number of ketones is 1. The molecule has 0 radical (unpaired) electrons. The molecule has 0 saturated carbocycles. The first-order chi connectivity index (χ1) is 14.3. The molecule has 3 aromatic rings. The highest BCUT2D eigenvalue weighted by Gasteiger charge is 2.51. The summed E-state index contributed by atoms with van der Waals surface area (Å²) in [6, 6.07) is 19.9. The quantitative estimate of drug-likeness (QED) is 0.361. The van der Waals surface area contributed by atoms with Gasteiger partial charge in [0.2, 0.25) is 0 Å². The highest BCUT2D eigenvalue weighted by atomic mass is 127. The lowest BCUT2D eigenvalue weighted by atomic mass is 9.88. The number of hydrogen-bond donors (Lipinski definition) is 1. The van der Waals surface area contributed by atoms with Crippen LogP contribution in [0.1, 0.15) is 33.5 Å². The van der Waals surface area contributed by atoms with Crippen molar-refractivity contribution >= 4 is 51.6 Å². The number of benzene rings is 3. The zero-order valence-electron chi connectivity index (χ0n) is 16.2. The average molecular weight is 532 g/mol. The van der Waals surface area contributed by atoms with E-state index >= 15 is 0 Å². The van der Waals surface area contributed by atoms with E-state index in [1.807, 2.05) is 43.3 Å². The molecule has 0 fully saturated rings. The molecule has 0 aliphatic carbocycles. The molecule has 0 saturated heterocycles. The van der Waals surface area contributed by atoms with Crippen LogP contribution in [0.4, 0.5) is 5.69 Å². The molecule has 0 unspecified atom stereocenters. The van der Waals surface area contributed by atoms with Crippen molar-refractivity contribution in [3.63, 3.8) is 0 Å². The Labute approximate surface area is 193 Å². The van der Waals surface area contributed by atoms with Crippen LogP contribution in [0.5, 0.6) is 0 Å². The summed E-state index contributed by atoms with van der Waals surface area (Å²) in [5.41, 5.74) is 1.50. The Kier molecular flexibility index (Phi) is 5.70. The number of amides is 1. The van der Waals surface area contributed by atoms with Gasteiger partial charge in [-0.15, -0.1) is 0 Å². The molecule has 30 heavy (non-hydrogen) atoms. The topological polar surface area (TPSA) is 57.6 Å². The van der Waals surface area contributed by atoms with Crippen LogP contribution in [0, 0.1) is 10.5 Å². The predicted octanol–water partition coefficient (Wildman–Crippen LogP) is 5.26. The Morgan fingerprint density at radius 3 is 2.40 bits per heavy atom. The minimum atomic E-state index is -1.95. The monoisotopic (exact) mass is 531 g/mol. The van der Waals surface area contributed by atoms with Gasteiger partial charge in [-0.05, 0) is 65.4 Å². The predicted molar refractivity (Wildman–Crippen MR) is 126 cm³/mol. The summed E-state index contributed by atoms with van der Waals surface area (Å²) in [6.45, 7) is 2.30. The van der Waals surface area contributed by atoms with Crippen molar-refractivity contribution in [2.24, 2.45) is 0 Å². The average Bonchev–Trinajstić information content (AvgIpc) is 2.91. The van der Waals surface area contributed by atoms with Crippen LogP contribution in [0.15, 0.2) is 66.7 Å². The van der Waals surface area contributed by atoms with Gasteiger partial charge in [0.25, 0.3) is 5.91 Å². The maximum Gasteiger partial charge on any atom is 0.264 e. The number of carbonyl (C=O) groups is 2. The van der Waals surface area contributed by atoms with Gasteiger partial charge >= 0.3 is 0 Å². The summed E-state index contributed by atoms with van der Waals surface area (Å²) >= 11 is 8.33. The second kappa shape index (κ2) is 8.13. The number of rotatable bonds is 5. The lowest BCUT2D eigenvalue weighted by molar-refractivity contribution is -0.136. The second-order valence-electron chi connectivity index (χ2n) is 7.51. The third-order valence-corrected chi connectivity index (χ3v) is 6.29. The number of anilines is 1. The van der Waals surface area contributed by atoms with Gasteiger partial charge in [0.05, 0.1) is 18.7 Å². The summed E-state index contributed by atoms with van der Waals surface area (Å²) in [4.78, 5) is 27.8. The number of halogens is 2. The van der Waals surface area contributed by atoms with Crippen molar-refractivity contribution in [3.05, 3.63) is 97.6 Å². The maximum atomic E-state index is 13.4. The van der Waals surface area contributed by atoms with Crippen LogP contribution in [0.3, 0.4) is 0 Å². The Balaban J connectivity index is 1.70. The third kappa shape index (κ3) is 3.89. The second-order valence-corrected chi connectivity index (χ2v) is 9.19. The number of Topliss-reactive ketones (excluding diaryl/α,β-unsaturated/α-hetero) is 1. The molecule has 1 aliphatic rings. The van der Waals surface area contributed by atoms with E-state index in [0.29, 0.717) is 28.4 Å². The first kappa shape index (κ1) is 21.0. The number of hydrogen-bond acceptors (Lipinski definition) is 3.